The number of aliphatic hydroxyl groups is 1. The van der Waals surface area contributed by atoms with Crippen molar-refractivity contribution in [1.82, 2.24) is 4.90 Å². The quantitative estimate of drug-likeness (QED) is 0.296. The molecule has 222 valence electrons. The maximum atomic E-state index is 13.7. The number of ether oxygens (including phenoxy) is 2. The topological polar surface area (TPSA) is 93.1 Å². The summed E-state index contributed by atoms with van der Waals surface area (Å²) in [5.74, 6) is 1.13. The molecule has 7 heteroatoms. The third kappa shape index (κ3) is 5.84. The van der Waals surface area contributed by atoms with Gasteiger partial charge in [0.25, 0.3) is 5.91 Å². The van der Waals surface area contributed by atoms with E-state index in [1.807, 2.05) is 63.2 Å². The fourth-order valence-corrected chi connectivity index (χ4v) is 5.61. The molecular formula is C35H41NO6. The molecule has 7 nitrogen and oxygen atoms in total. The number of nitrogens with zero attached hydrogens (tertiary/aromatic N) is 1. The number of fused-ring (bicyclic) bond motifs is 1. The zero-order valence-corrected chi connectivity index (χ0v) is 25.0. The molecule has 1 amide bonds. The Hall–Kier alpha value is -3.97. The second-order valence-electron chi connectivity index (χ2n) is 12.8. The Bertz CT molecular complexity index is 1520. The van der Waals surface area contributed by atoms with Crippen molar-refractivity contribution in [3.63, 3.8) is 0 Å². The summed E-state index contributed by atoms with van der Waals surface area (Å²) < 4.78 is 11.0. The lowest BCUT2D eigenvalue weighted by molar-refractivity contribution is -0.120. The van der Waals surface area contributed by atoms with E-state index in [2.05, 4.69) is 0 Å². The summed E-state index contributed by atoms with van der Waals surface area (Å²) in [6.07, 6.45) is 2.00. The van der Waals surface area contributed by atoms with Crippen LogP contribution in [0.2, 0.25) is 0 Å². The van der Waals surface area contributed by atoms with Gasteiger partial charge in [-0.25, -0.2) is 0 Å². The van der Waals surface area contributed by atoms with Gasteiger partial charge < -0.3 is 19.5 Å². The first-order valence-electron chi connectivity index (χ1n) is 14.5. The fourth-order valence-electron chi connectivity index (χ4n) is 5.61. The summed E-state index contributed by atoms with van der Waals surface area (Å²) in [4.78, 5) is 41.4. The molecule has 5 rings (SSSR count). The van der Waals surface area contributed by atoms with Crippen molar-refractivity contribution in [2.45, 2.75) is 51.9 Å². The summed E-state index contributed by atoms with van der Waals surface area (Å²) in [6.45, 7) is 6.16. The van der Waals surface area contributed by atoms with Crippen LogP contribution in [0.5, 0.6) is 11.5 Å². The summed E-state index contributed by atoms with van der Waals surface area (Å²) in [7, 11) is 3.41. The van der Waals surface area contributed by atoms with Crippen LogP contribution < -0.4 is 9.47 Å². The van der Waals surface area contributed by atoms with E-state index in [4.69, 9.17) is 9.47 Å². The molecule has 1 fully saturated rings. The van der Waals surface area contributed by atoms with Crippen LogP contribution in [0, 0.1) is 11.3 Å². The Morgan fingerprint density at radius 3 is 2.26 bits per heavy atom. The van der Waals surface area contributed by atoms with Crippen molar-refractivity contribution in [3.8, 4) is 22.6 Å². The van der Waals surface area contributed by atoms with Crippen LogP contribution in [0.1, 0.15) is 73.3 Å². The Kier molecular flexibility index (Phi) is 7.99. The number of benzene rings is 3. The minimum absolute atomic E-state index is 0. The average molecular weight is 572 g/mol. The van der Waals surface area contributed by atoms with Gasteiger partial charge in [0.2, 0.25) is 6.79 Å². The second kappa shape index (κ2) is 11.4. The standard InChI is InChI=1S/C35H39NO6.H2/c1-34(2,3)26(20-37)18-29(38)27-12-6-22(16-28(27)23-7-9-24(10-8-23)33(40)36(4)5)17-32(39)35(14-15-35)25-11-13-30-31(19-25)42-21-41-30;/h6-13,16,19,26,37H,14-15,17-18,20-21H2,1-5H3;1H/t26-;/m0./s1. The van der Waals surface area contributed by atoms with Gasteiger partial charge in [-0.3, -0.25) is 14.4 Å². The number of rotatable bonds is 10. The van der Waals surface area contributed by atoms with E-state index >= 15 is 0 Å². The van der Waals surface area contributed by atoms with Gasteiger partial charge in [-0.2, -0.15) is 0 Å². The van der Waals surface area contributed by atoms with Crippen LogP contribution in [0.25, 0.3) is 11.1 Å². The second-order valence-corrected chi connectivity index (χ2v) is 12.8. The van der Waals surface area contributed by atoms with Crippen LogP contribution >= 0.6 is 0 Å². The summed E-state index contributed by atoms with van der Waals surface area (Å²) in [6, 6.07) is 18.5. The normalized spacial score (nSPS) is 15.7. The van der Waals surface area contributed by atoms with Crippen LogP contribution in [-0.2, 0) is 16.6 Å². The van der Waals surface area contributed by atoms with Crippen LogP contribution in [0.15, 0.2) is 60.7 Å². The van der Waals surface area contributed by atoms with Crippen LogP contribution in [-0.4, -0.2) is 55.0 Å². The van der Waals surface area contributed by atoms with Crippen LogP contribution in [0.4, 0.5) is 0 Å². The number of amides is 1. The van der Waals surface area contributed by atoms with E-state index in [0.717, 1.165) is 29.5 Å². The highest BCUT2D eigenvalue weighted by Crippen LogP contribution is 2.51. The molecule has 3 aromatic carbocycles. The number of Topliss-reactive ketones (excluding diaryl/α,β-unsaturated/α-hetero) is 2. The number of hydrogen-bond donors (Lipinski definition) is 1. The van der Waals surface area contributed by atoms with Crippen molar-refractivity contribution in [2.24, 2.45) is 11.3 Å². The van der Waals surface area contributed by atoms with Gasteiger partial charge in [-0.05, 0) is 76.8 Å². The van der Waals surface area contributed by atoms with Gasteiger partial charge in [0.1, 0.15) is 5.78 Å². The maximum absolute atomic E-state index is 13.7. The molecule has 1 aliphatic heterocycles. The first kappa shape index (κ1) is 29.5. The first-order valence-corrected chi connectivity index (χ1v) is 14.5. The maximum Gasteiger partial charge on any atom is 0.253 e. The summed E-state index contributed by atoms with van der Waals surface area (Å²) >= 11 is 0. The van der Waals surface area contributed by atoms with Crippen molar-refractivity contribution in [3.05, 3.63) is 82.9 Å². The molecule has 0 saturated heterocycles. The highest BCUT2D eigenvalue weighted by atomic mass is 16.7. The molecule has 1 N–H and O–H groups in total. The predicted molar refractivity (Wildman–Crippen MR) is 163 cm³/mol. The van der Waals surface area contributed by atoms with Gasteiger partial charge in [-0.1, -0.05) is 51.1 Å². The molecular weight excluding hydrogens is 530 g/mol. The fraction of sp³-hybridized carbons (Fsp3) is 0.400. The molecule has 0 unspecified atom stereocenters. The molecule has 0 aromatic heterocycles. The molecule has 2 aliphatic rings. The van der Waals surface area contributed by atoms with Gasteiger partial charge in [-0.15, -0.1) is 0 Å². The van der Waals surface area contributed by atoms with Crippen molar-refractivity contribution in [2.75, 3.05) is 27.5 Å². The third-order valence-corrected chi connectivity index (χ3v) is 8.68. The Balaban J connectivity index is 0.00000423. The lowest BCUT2D eigenvalue weighted by Gasteiger charge is -2.28. The first-order chi connectivity index (χ1) is 19.9. The number of ketones is 2. The van der Waals surface area contributed by atoms with Gasteiger partial charge in [0.05, 0.1) is 5.41 Å². The van der Waals surface area contributed by atoms with Crippen molar-refractivity contribution < 1.29 is 30.4 Å². The number of hydrogen-bond acceptors (Lipinski definition) is 6. The van der Waals surface area contributed by atoms with Gasteiger partial charge in [0.15, 0.2) is 17.3 Å². The zero-order chi connectivity index (χ0) is 30.2. The zero-order valence-electron chi connectivity index (χ0n) is 25.0. The summed E-state index contributed by atoms with van der Waals surface area (Å²) in [5, 5.41) is 10.0. The monoisotopic (exact) mass is 571 g/mol. The van der Waals surface area contributed by atoms with E-state index < -0.39 is 5.41 Å². The molecule has 3 aromatic rings. The minimum Gasteiger partial charge on any atom is -0.454 e. The molecule has 0 bridgehead atoms. The number of carbonyl (C=O) groups is 3. The summed E-state index contributed by atoms with van der Waals surface area (Å²) in [5.41, 5.74) is 3.59. The van der Waals surface area contributed by atoms with Crippen molar-refractivity contribution >= 4 is 17.5 Å². The highest BCUT2D eigenvalue weighted by Gasteiger charge is 2.50. The Morgan fingerprint density at radius 2 is 1.64 bits per heavy atom. The molecule has 42 heavy (non-hydrogen) atoms. The Morgan fingerprint density at radius 1 is 0.952 bits per heavy atom. The van der Waals surface area contributed by atoms with Gasteiger partial charge >= 0.3 is 0 Å². The molecule has 1 heterocycles. The largest absolute Gasteiger partial charge is 0.454 e. The predicted octanol–water partition coefficient (Wildman–Crippen LogP) is 6.10. The molecule has 0 spiro atoms. The number of carbonyl (C=O) groups excluding carboxylic acids is 3. The van der Waals surface area contributed by atoms with Crippen molar-refractivity contribution in [1.29, 1.82) is 0 Å². The SMILES string of the molecule is CN(C)C(=O)c1ccc(-c2cc(CC(=O)C3(c4ccc5c(c4)OCO5)CC3)ccc2C(=O)C[C@@H](CO)C(C)(C)C)cc1.[HH]. The van der Waals surface area contributed by atoms with E-state index in [1.165, 1.54) is 4.90 Å². The Labute approximate surface area is 248 Å². The minimum atomic E-state index is -0.537. The average Bonchev–Trinajstić information content (AvgIpc) is 3.65. The molecule has 1 saturated carbocycles. The van der Waals surface area contributed by atoms with E-state index in [1.54, 1.807) is 32.3 Å². The molecule has 0 radical (unpaired) electrons. The van der Waals surface area contributed by atoms with E-state index in [-0.39, 0.29) is 56.5 Å². The molecule has 1 aliphatic carbocycles. The highest BCUT2D eigenvalue weighted by molar-refractivity contribution is 6.03. The van der Waals surface area contributed by atoms with Gasteiger partial charge in [0, 0.05) is 46.1 Å². The molecule has 1 atom stereocenters. The third-order valence-electron chi connectivity index (χ3n) is 8.68. The number of aliphatic hydroxyl groups excluding tert-OH is 1. The lowest BCUT2D eigenvalue weighted by atomic mass is 9.77. The lowest BCUT2D eigenvalue weighted by Crippen LogP contribution is -2.27. The smallest absolute Gasteiger partial charge is 0.253 e. The van der Waals surface area contributed by atoms with Crippen LogP contribution in [0.3, 0.4) is 0 Å². The van der Waals surface area contributed by atoms with E-state index in [0.29, 0.717) is 28.2 Å². The van der Waals surface area contributed by atoms with E-state index in [9.17, 15) is 19.5 Å².